The summed E-state index contributed by atoms with van der Waals surface area (Å²) in [5.74, 6) is 0.124. The lowest BCUT2D eigenvalue weighted by atomic mass is 9.96. The largest absolute Gasteiger partial charge is 0.468 e. The lowest BCUT2D eigenvalue weighted by molar-refractivity contribution is -0.149. The van der Waals surface area contributed by atoms with Gasteiger partial charge in [0.05, 0.1) is 13.7 Å². The van der Waals surface area contributed by atoms with Crippen molar-refractivity contribution in [2.45, 2.75) is 38.1 Å². The molecule has 0 spiro atoms. The topological polar surface area (TPSA) is 58.6 Å². The van der Waals surface area contributed by atoms with Crippen LogP contribution in [0.15, 0.2) is 0 Å². The molecule has 0 aromatic heterocycles. The van der Waals surface area contributed by atoms with Crippen molar-refractivity contribution in [3.05, 3.63) is 0 Å². The van der Waals surface area contributed by atoms with E-state index in [1.54, 1.807) is 0 Å². The molecular weight excluding hydrogens is 232 g/mol. The number of carbonyl (C=O) groups excluding carboxylic acids is 2. The van der Waals surface area contributed by atoms with Crippen LogP contribution in [0.5, 0.6) is 0 Å². The number of amides is 1. The molecular formula is C13H22N2O3. The fourth-order valence-electron chi connectivity index (χ4n) is 2.59. The maximum Gasteiger partial charge on any atom is 0.326 e. The standard InChI is InChI=1S/C13H22N2O3/c1-13(10-5-6-10,12(17)18-2)14-9-11(16)15-7-3-4-8-15/h10,14H,3-9H2,1-2H3/t13-/m1/s1. The second kappa shape index (κ2) is 5.26. The van der Waals surface area contributed by atoms with Crippen LogP contribution in [-0.4, -0.2) is 49.1 Å². The Bertz CT molecular complexity index is 335. The molecule has 0 aromatic carbocycles. The summed E-state index contributed by atoms with van der Waals surface area (Å²) in [5, 5.41) is 3.12. The van der Waals surface area contributed by atoms with Gasteiger partial charge in [-0.1, -0.05) is 0 Å². The molecule has 1 saturated heterocycles. The molecule has 2 rings (SSSR count). The van der Waals surface area contributed by atoms with E-state index >= 15 is 0 Å². The number of methoxy groups -OCH3 is 1. The number of likely N-dealkylation sites (tertiary alicyclic amines) is 1. The summed E-state index contributed by atoms with van der Waals surface area (Å²) < 4.78 is 4.85. The van der Waals surface area contributed by atoms with Gasteiger partial charge < -0.3 is 9.64 Å². The Morgan fingerprint density at radius 3 is 2.44 bits per heavy atom. The van der Waals surface area contributed by atoms with Crippen molar-refractivity contribution in [3.63, 3.8) is 0 Å². The second-order valence-electron chi connectivity index (χ2n) is 5.41. The van der Waals surface area contributed by atoms with Gasteiger partial charge in [0.25, 0.3) is 0 Å². The van der Waals surface area contributed by atoms with Crippen molar-refractivity contribution < 1.29 is 14.3 Å². The number of nitrogens with one attached hydrogen (secondary N) is 1. The van der Waals surface area contributed by atoms with Crippen LogP contribution in [0, 0.1) is 5.92 Å². The van der Waals surface area contributed by atoms with E-state index in [-0.39, 0.29) is 18.4 Å². The smallest absolute Gasteiger partial charge is 0.326 e. The van der Waals surface area contributed by atoms with Crippen LogP contribution in [0.3, 0.4) is 0 Å². The Hall–Kier alpha value is -1.10. The maximum absolute atomic E-state index is 12.0. The third-order valence-electron chi connectivity index (χ3n) is 4.07. The third kappa shape index (κ3) is 2.66. The van der Waals surface area contributed by atoms with E-state index in [2.05, 4.69) is 5.32 Å². The molecule has 1 saturated carbocycles. The Morgan fingerprint density at radius 1 is 1.33 bits per heavy atom. The molecule has 2 fully saturated rings. The zero-order valence-corrected chi connectivity index (χ0v) is 11.2. The first-order valence-electron chi connectivity index (χ1n) is 6.69. The summed E-state index contributed by atoms with van der Waals surface area (Å²) in [6, 6.07) is 0. The Morgan fingerprint density at radius 2 is 1.94 bits per heavy atom. The van der Waals surface area contributed by atoms with E-state index < -0.39 is 5.54 Å². The molecule has 5 heteroatoms. The summed E-state index contributed by atoms with van der Waals surface area (Å²) in [7, 11) is 1.40. The second-order valence-corrected chi connectivity index (χ2v) is 5.41. The number of carbonyl (C=O) groups is 2. The fraction of sp³-hybridized carbons (Fsp3) is 0.846. The highest BCUT2D eigenvalue weighted by Crippen LogP contribution is 2.40. The van der Waals surface area contributed by atoms with E-state index in [1.807, 2.05) is 11.8 Å². The summed E-state index contributed by atoms with van der Waals surface area (Å²) >= 11 is 0. The normalized spacial score (nSPS) is 22.7. The predicted molar refractivity (Wildman–Crippen MR) is 67.0 cm³/mol. The molecule has 1 aliphatic heterocycles. The van der Waals surface area contributed by atoms with Gasteiger partial charge in [0.1, 0.15) is 5.54 Å². The average Bonchev–Trinajstić information content (AvgIpc) is 3.10. The lowest BCUT2D eigenvalue weighted by Gasteiger charge is -2.28. The first kappa shape index (κ1) is 13.3. The molecule has 102 valence electrons. The van der Waals surface area contributed by atoms with Crippen molar-refractivity contribution >= 4 is 11.9 Å². The Balaban J connectivity index is 1.89. The van der Waals surface area contributed by atoms with Gasteiger partial charge in [-0.3, -0.25) is 14.9 Å². The molecule has 1 amide bonds. The van der Waals surface area contributed by atoms with E-state index in [1.165, 1.54) is 7.11 Å². The minimum absolute atomic E-state index is 0.0864. The van der Waals surface area contributed by atoms with Crippen LogP contribution in [0.1, 0.15) is 32.6 Å². The number of esters is 1. The van der Waals surface area contributed by atoms with Gasteiger partial charge in [0.15, 0.2) is 0 Å². The maximum atomic E-state index is 12.0. The van der Waals surface area contributed by atoms with Crippen molar-refractivity contribution in [1.29, 1.82) is 0 Å². The van der Waals surface area contributed by atoms with Crippen LogP contribution in [0.2, 0.25) is 0 Å². The highest BCUT2D eigenvalue weighted by atomic mass is 16.5. The summed E-state index contributed by atoms with van der Waals surface area (Å²) in [4.78, 5) is 25.7. The minimum atomic E-state index is -0.704. The van der Waals surface area contributed by atoms with Crippen LogP contribution >= 0.6 is 0 Å². The van der Waals surface area contributed by atoms with E-state index in [9.17, 15) is 9.59 Å². The Labute approximate surface area is 108 Å². The zero-order chi connectivity index (χ0) is 13.2. The van der Waals surface area contributed by atoms with Crippen molar-refractivity contribution in [1.82, 2.24) is 10.2 Å². The molecule has 1 atom stereocenters. The third-order valence-corrected chi connectivity index (χ3v) is 4.07. The first-order chi connectivity index (χ1) is 8.58. The monoisotopic (exact) mass is 254 g/mol. The molecule has 1 N–H and O–H groups in total. The molecule has 1 aliphatic carbocycles. The summed E-state index contributed by atoms with van der Waals surface area (Å²) in [6.45, 7) is 3.76. The molecule has 5 nitrogen and oxygen atoms in total. The Kier molecular flexibility index (Phi) is 3.90. The van der Waals surface area contributed by atoms with Gasteiger partial charge in [0, 0.05) is 13.1 Å². The number of nitrogens with zero attached hydrogens (tertiary/aromatic N) is 1. The molecule has 1 heterocycles. The number of rotatable bonds is 5. The molecule has 0 radical (unpaired) electrons. The zero-order valence-electron chi connectivity index (χ0n) is 11.2. The lowest BCUT2D eigenvalue weighted by Crippen LogP contribution is -2.55. The van der Waals surface area contributed by atoms with Crippen molar-refractivity contribution in [2.75, 3.05) is 26.7 Å². The minimum Gasteiger partial charge on any atom is -0.468 e. The molecule has 0 unspecified atom stereocenters. The average molecular weight is 254 g/mol. The van der Waals surface area contributed by atoms with Gasteiger partial charge >= 0.3 is 5.97 Å². The van der Waals surface area contributed by atoms with Gasteiger partial charge in [-0.25, -0.2) is 0 Å². The molecule has 0 aromatic rings. The van der Waals surface area contributed by atoms with E-state index in [0.29, 0.717) is 5.92 Å². The van der Waals surface area contributed by atoms with Crippen LogP contribution in [0.25, 0.3) is 0 Å². The van der Waals surface area contributed by atoms with Gasteiger partial charge in [-0.2, -0.15) is 0 Å². The molecule has 0 bridgehead atoms. The highest BCUT2D eigenvalue weighted by molar-refractivity contribution is 5.83. The first-order valence-corrected chi connectivity index (χ1v) is 6.69. The number of ether oxygens (including phenoxy) is 1. The summed E-state index contributed by atoms with van der Waals surface area (Å²) in [6.07, 6.45) is 4.22. The van der Waals surface area contributed by atoms with Gasteiger partial charge in [-0.15, -0.1) is 0 Å². The number of hydrogen-bond acceptors (Lipinski definition) is 4. The predicted octanol–water partition coefficient (Wildman–Crippen LogP) is 0.540. The molecule has 18 heavy (non-hydrogen) atoms. The summed E-state index contributed by atoms with van der Waals surface area (Å²) in [5.41, 5.74) is -0.704. The number of hydrogen-bond donors (Lipinski definition) is 1. The molecule has 2 aliphatic rings. The van der Waals surface area contributed by atoms with Crippen molar-refractivity contribution in [3.8, 4) is 0 Å². The van der Waals surface area contributed by atoms with E-state index in [4.69, 9.17) is 4.74 Å². The van der Waals surface area contributed by atoms with Crippen LogP contribution in [0.4, 0.5) is 0 Å². The quantitative estimate of drug-likeness (QED) is 0.728. The van der Waals surface area contributed by atoms with Gasteiger partial charge in [0.2, 0.25) is 5.91 Å². The van der Waals surface area contributed by atoms with Crippen molar-refractivity contribution in [2.24, 2.45) is 5.92 Å². The van der Waals surface area contributed by atoms with Gasteiger partial charge in [-0.05, 0) is 38.5 Å². The van der Waals surface area contributed by atoms with Crippen LogP contribution in [-0.2, 0) is 14.3 Å². The SMILES string of the molecule is COC(=O)[C@](C)(NCC(=O)N1CCCC1)C1CC1. The van der Waals surface area contributed by atoms with E-state index in [0.717, 1.165) is 38.8 Å². The van der Waals surface area contributed by atoms with Crippen LogP contribution < -0.4 is 5.32 Å². The highest BCUT2D eigenvalue weighted by Gasteiger charge is 2.48. The fourth-order valence-corrected chi connectivity index (χ4v) is 2.59.